The first kappa shape index (κ1) is 16.0. The molecule has 7 nitrogen and oxygen atoms in total. The highest BCUT2D eigenvalue weighted by Crippen LogP contribution is 2.27. The third kappa shape index (κ3) is 2.83. The van der Waals surface area contributed by atoms with Crippen LogP contribution in [0.25, 0.3) is 16.6 Å². The lowest BCUT2D eigenvalue weighted by Gasteiger charge is -2.11. The minimum absolute atomic E-state index is 0.155. The van der Waals surface area contributed by atoms with Crippen LogP contribution in [0.3, 0.4) is 0 Å². The van der Waals surface area contributed by atoms with Crippen LogP contribution in [0.2, 0.25) is 0 Å². The van der Waals surface area contributed by atoms with E-state index < -0.39 is 0 Å². The molecule has 0 bridgehead atoms. The van der Waals surface area contributed by atoms with E-state index in [0.29, 0.717) is 11.6 Å². The predicted octanol–water partition coefficient (Wildman–Crippen LogP) is 3.45. The quantitative estimate of drug-likeness (QED) is 0.614. The van der Waals surface area contributed by atoms with Gasteiger partial charge < -0.3 is 9.88 Å². The van der Waals surface area contributed by atoms with Gasteiger partial charge in [-0.25, -0.2) is 4.68 Å². The molecule has 0 atom stereocenters. The van der Waals surface area contributed by atoms with Crippen LogP contribution in [0.4, 0.5) is 5.69 Å². The Morgan fingerprint density at radius 3 is 2.58 bits per heavy atom. The molecule has 0 aliphatic heterocycles. The minimum Gasteiger partial charge on any atom is -0.345 e. The maximum atomic E-state index is 12.6. The standard InChI is InChI=1S/C19H18N6O/c1-13(2)24-11-10-16-17(4-3-5-18(16)24)21-19(26)14-6-8-15(9-7-14)25-12-20-22-23-25/h3-13H,1-2H3,(H,21,26). The van der Waals surface area contributed by atoms with Crippen molar-refractivity contribution >= 4 is 22.5 Å². The van der Waals surface area contributed by atoms with Crippen LogP contribution < -0.4 is 5.32 Å². The first-order valence-corrected chi connectivity index (χ1v) is 8.38. The Bertz CT molecular complexity index is 1050. The number of nitrogens with one attached hydrogen (secondary N) is 1. The Balaban J connectivity index is 1.59. The summed E-state index contributed by atoms with van der Waals surface area (Å²) in [5.74, 6) is -0.155. The number of aromatic nitrogens is 5. The molecular weight excluding hydrogens is 328 g/mol. The lowest BCUT2D eigenvalue weighted by molar-refractivity contribution is 0.102. The van der Waals surface area contributed by atoms with Gasteiger partial charge in [-0.2, -0.15) is 0 Å². The Labute approximate surface area is 150 Å². The van der Waals surface area contributed by atoms with Gasteiger partial charge in [0.2, 0.25) is 0 Å². The van der Waals surface area contributed by atoms with Crippen LogP contribution in [-0.4, -0.2) is 30.7 Å². The largest absolute Gasteiger partial charge is 0.345 e. The van der Waals surface area contributed by atoms with E-state index in [1.54, 1.807) is 24.3 Å². The number of hydrogen-bond donors (Lipinski definition) is 1. The first-order valence-electron chi connectivity index (χ1n) is 8.38. The van der Waals surface area contributed by atoms with Crippen molar-refractivity contribution < 1.29 is 4.79 Å². The fourth-order valence-corrected chi connectivity index (χ4v) is 2.99. The van der Waals surface area contributed by atoms with Gasteiger partial charge in [0.05, 0.1) is 16.9 Å². The summed E-state index contributed by atoms with van der Waals surface area (Å²) < 4.78 is 3.73. The van der Waals surface area contributed by atoms with E-state index in [1.165, 1.54) is 11.0 Å². The van der Waals surface area contributed by atoms with Crippen LogP contribution in [0, 0.1) is 0 Å². The Morgan fingerprint density at radius 2 is 1.88 bits per heavy atom. The number of benzene rings is 2. The lowest BCUT2D eigenvalue weighted by atomic mass is 10.1. The topological polar surface area (TPSA) is 77.6 Å². The lowest BCUT2D eigenvalue weighted by Crippen LogP contribution is -2.12. The SMILES string of the molecule is CC(C)n1ccc2c(NC(=O)c3ccc(-n4cnnn4)cc3)cccc21. The van der Waals surface area contributed by atoms with Crippen LogP contribution in [0.1, 0.15) is 30.2 Å². The van der Waals surface area contributed by atoms with Crippen molar-refractivity contribution in [1.82, 2.24) is 24.8 Å². The second-order valence-corrected chi connectivity index (χ2v) is 6.31. The van der Waals surface area contributed by atoms with Crippen LogP contribution in [0.5, 0.6) is 0 Å². The van der Waals surface area contributed by atoms with Gasteiger partial charge in [-0.3, -0.25) is 4.79 Å². The van der Waals surface area contributed by atoms with Gasteiger partial charge in [-0.05, 0) is 66.7 Å². The van der Waals surface area contributed by atoms with Gasteiger partial charge in [0.15, 0.2) is 0 Å². The number of fused-ring (bicyclic) bond motifs is 1. The second kappa shape index (κ2) is 6.44. The number of carbonyl (C=O) groups excluding carboxylic acids is 1. The molecule has 2 heterocycles. The first-order chi connectivity index (χ1) is 12.6. The van der Waals surface area contributed by atoms with Crippen molar-refractivity contribution in [3.8, 4) is 5.69 Å². The van der Waals surface area contributed by atoms with E-state index in [9.17, 15) is 4.79 Å². The van der Waals surface area contributed by atoms with E-state index in [2.05, 4.69) is 45.3 Å². The molecule has 0 unspecified atom stereocenters. The van der Waals surface area contributed by atoms with Gasteiger partial charge in [0.1, 0.15) is 6.33 Å². The fourth-order valence-electron chi connectivity index (χ4n) is 2.99. The summed E-state index contributed by atoms with van der Waals surface area (Å²) in [5.41, 5.74) is 3.27. The number of nitrogens with zero attached hydrogens (tertiary/aromatic N) is 5. The summed E-state index contributed by atoms with van der Waals surface area (Å²) >= 11 is 0. The molecule has 7 heteroatoms. The van der Waals surface area contributed by atoms with Crippen molar-refractivity contribution in [2.24, 2.45) is 0 Å². The van der Waals surface area contributed by atoms with Crippen LogP contribution in [0.15, 0.2) is 61.1 Å². The van der Waals surface area contributed by atoms with E-state index in [0.717, 1.165) is 22.3 Å². The molecule has 0 saturated heterocycles. The zero-order chi connectivity index (χ0) is 18.1. The van der Waals surface area contributed by atoms with Crippen molar-refractivity contribution in [2.75, 3.05) is 5.32 Å². The van der Waals surface area contributed by atoms with Gasteiger partial charge in [0, 0.05) is 23.2 Å². The average molecular weight is 346 g/mol. The Kier molecular flexibility index (Phi) is 3.96. The molecule has 4 rings (SSSR count). The van der Waals surface area contributed by atoms with E-state index >= 15 is 0 Å². The van der Waals surface area contributed by atoms with Crippen molar-refractivity contribution in [1.29, 1.82) is 0 Å². The third-order valence-electron chi connectivity index (χ3n) is 4.31. The van der Waals surface area contributed by atoms with E-state index in [-0.39, 0.29) is 5.91 Å². The molecule has 0 aliphatic rings. The third-order valence-corrected chi connectivity index (χ3v) is 4.31. The molecule has 2 aromatic heterocycles. The van der Waals surface area contributed by atoms with Gasteiger partial charge in [-0.15, -0.1) is 5.10 Å². The van der Waals surface area contributed by atoms with Crippen LogP contribution >= 0.6 is 0 Å². The summed E-state index contributed by atoms with van der Waals surface area (Å²) in [5, 5.41) is 15.1. The zero-order valence-corrected chi connectivity index (χ0v) is 14.5. The van der Waals surface area contributed by atoms with Gasteiger partial charge in [0.25, 0.3) is 5.91 Å². The highest BCUT2D eigenvalue weighted by molar-refractivity contribution is 6.08. The molecule has 1 amide bonds. The summed E-state index contributed by atoms with van der Waals surface area (Å²) in [6.45, 7) is 4.27. The summed E-state index contributed by atoms with van der Waals surface area (Å²) in [6.07, 6.45) is 3.56. The summed E-state index contributed by atoms with van der Waals surface area (Å²) in [4.78, 5) is 12.6. The van der Waals surface area contributed by atoms with Gasteiger partial charge >= 0.3 is 0 Å². The molecule has 0 fully saturated rings. The molecule has 26 heavy (non-hydrogen) atoms. The van der Waals surface area contributed by atoms with E-state index in [1.807, 2.05) is 24.4 Å². The number of hydrogen-bond acceptors (Lipinski definition) is 4. The summed E-state index contributed by atoms with van der Waals surface area (Å²) in [7, 11) is 0. The Hall–Kier alpha value is -3.48. The molecule has 0 radical (unpaired) electrons. The highest BCUT2D eigenvalue weighted by atomic mass is 16.1. The number of tetrazole rings is 1. The molecule has 0 aliphatic carbocycles. The normalized spacial score (nSPS) is 11.2. The molecule has 1 N–H and O–H groups in total. The molecule has 2 aromatic carbocycles. The number of carbonyl (C=O) groups is 1. The second-order valence-electron chi connectivity index (χ2n) is 6.31. The number of amides is 1. The minimum atomic E-state index is -0.155. The predicted molar refractivity (Wildman–Crippen MR) is 99.4 cm³/mol. The maximum absolute atomic E-state index is 12.6. The molecular formula is C19H18N6O. The Morgan fingerprint density at radius 1 is 1.08 bits per heavy atom. The number of rotatable bonds is 4. The number of anilines is 1. The van der Waals surface area contributed by atoms with E-state index in [4.69, 9.17) is 0 Å². The highest BCUT2D eigenvalue weighted by Gasteiger charge is 2.11. The van der Waals surface area contributed by atoms with Gasteiger partial charge in [-0.1, -0.05) is 6.07 Å². The monoisotopic (exact) mass is 346 g/mol. The maximum Gasteiger partial charge on any atom is 0.255 e. The smallest absolute Gasteiger partial charge is 0.255 e. The van der Waals surface area contributed by atoms with Crippen molar-refractivity contribution in [2.45, 2.75) is 19.9 Å². The van der Waals surface area contributed by atoms with Crippen molar-refractivity contribution in [3.63, 3.8) is 0 Å². The molecule has 0 spiro atoms. The molecule has 4 aromatic rings. The molecule has 0 saturated carbocycles. The average Bonchev–Trinajstić information content (AvgIpc) is 3.32. The van der Waals surface area contributed by atoms with Crippen molar-refractivity contribution in [3.05, 3.63) is 66.6 Å². The summed E-state index contributed by atoms with van der Waals surface area (Å²) in [6, 6.07) is 15.5. The van der Waals surface area contributed by atoms with Crippen LogP contribution in [-0.2, 0) is 0 Å². The fraction of sp³-hybridized carbons (Fsp3) is 0.158. The molecule has 130 valence electrons. The zero-order valence-electron chi connectivity index (χ0n) is 14.5.